The molecule has 0 aliphatic carbocycles. The number of phenolic OH excluding ortho intramolecular Hbond substituents is 2. The second kappa shape index (κ2) is 9.36. The lowest BCUT2D eigenvalue weighted by Gasteiger charge is -2.20. The normalized spacial score (nSPS) is 13.0. The zero-order valence-corrected chi connectivity index (χ0v) is 19.9. The van der Waals surface area contributed by atoms with Gasteiger partial charge in [-0.2, -0.15) is 13.2 Å². The molecule has 1 aromatic heterocycles. The summed E-state index contributed by atoms with van der Waals surface area (Å²) in [6.45, 7) is 1.34. The van der Waals surface area contributed by atoms with E-state index < -0.39 is 22.8 Å². The third-order valence-electron chi connectivity index (χ3n) is 6.04. The van der Waals surface area contributed by atoms with Gasteiger partial charge >= 0.3 is 12.2 Å². The summed E-state index contributed by atoms with van der Waals surface area (Å²) in [6.07, 6.45) is -3.89. The molecule has 2 heterocycles. The molecular formula is C26H20ClF3N4O3. The number of halogens is 4. The average Bonchev–Trinajstić information content (AvgIpc) is 3.21. The van der Waals surface area contributed by atoms with Crippen molar-refractivity contribution in [3.63, 3.8) is 0 Å². The molecule has 0 spiro atoms. The van der Waals surface area contributed by atoms with E-state index in [1.54, 1.807) is 12.1 Å². The summed E-state index contributed by atoms with van der Waals surface area (Å²) in [5, 5.41) is 24.8. The van der Waals surface area contributed by atoms with Gasteiger partial charge in [0.25, 0.3) is 0 Å². The van der Waals surface area contributed by atoms with E-state index in [0.29, 0.717) is 17.7 Å². The Balaban J connectivity index is 1.24. The molecule has 3 aromatic carbocycles. The van der Waals surface area contributed by atoms with Crippen LogP contribution in [0.1, 0.15) is 16.8 Å². The first-order valence-corrected chi connectivity index (χ1v) is 11.6. The van der Waals surface area contributed by atoms with Crippen LogP contribution >= 0.6 is 11.6 Å². The highest BCUT2D eigenvalue weighted by Crippen LogP contribution is 2.37. The molecule has 1 aliphatic heterocycles. The third kappa shape index (κ3) is 5.19. The van der Waals surface area contributed by atoms with Gasteiger partial charge in [0.1, 0.15) is 0 Å². The molecule has 4 N–H and O–H groups in total. The van der Waals surface area contributed by atoms with E-state index in [0.717, 1.165) is 47.4 Å². The second-order valence-corrected chi connectivity index (χ2v) is 9.04. The van der Waals surface area contributed by atoms with Crippen LogP contribution in [-0.2, 0) is 19.1 Å². The van der Waals surface area contributed by atoms with Gasteiger partial charge in [-0.1, -0.05) is 23.7 Å². The van der Waals surface area contributed by atoms with Crippen LogP contribution in [0.2, 0.25) is 5.02 Å². The van der Waals surface area contributed by atoms with Gasteiger partial charge < -0.3 is 25.7 Å². The number of anilines is 3. The van der Waals surface area contributed by atoms with Crippen LogP contribution in [0.4, 0.5) is 35.0 Å². The largest absolute Gasteiger partial charge is 0.504 e. The predicted molar refractivity (Wildman–Crippen MR) is 135 cm³/mol. The van der Waals surface area contributed by atoms with E-state index in [-0.39, 0.29) is 17.2 Å². The predicted octanol–water partition coefficient (Wildman–Crippen LogP) is 6.52. The molecule has 4 aromatic rings. The van der Waals surface area contributed by atoms with Crippen LogP contribution in [0.25, 0.3) is 10.9 Å². The number of carbonyl (C=O) groups excluding carboxylic acids is 1. The van der Waals surface area contributed by atoms with Gasteiger partial charge in [0.2, 0.25) is 0 Å². The minimum Gasteiger partial charge on any atom is -0.504 e. The van der Waals surface area contributed by atoms with Crippen molar-refractivity contribution >= 4 is 45.6 Å². The number of alkyl halides is 3. The quantitative estimate of drug-likeness (QED) is 0.226. The fourth-order valence-corrected chi connectivity index (χ4v) is 4.46. The molecule has 0 saturated carbocycles. The number of pyridine rings is 1. The summed E-state index contributed by atoms with van der Waals surface area (Å²) in [5.74, 6) is -0.417. The van der Waals surface area contributed by atoms with Crippen LogP contribution in [0.3, 0.4) is 0 Å². The maximum Gasteiger partial charge on any atom is 0.417 e. The van der Waals surface area contributed by atoms with Gasteiger partial charge in [0.15, 0.2) is 11.5 Å². The van der Waals surface area contributed by atoms with Crippen molar-refractivity contribution in [2.75, 3.05) is 22.1 Å². The summed E-state index contributed by atoms with van der Waals surface area (Å²) in [5.41, 5.74) is 2.83. The third-order valence-corrected chi connectivity index (χ3v) is 6.37. The van der Waals surface area contributed by atoms with Crippen molar-refractivity contribution in [1.82, 2.24) is 4.98 Å². The van der Waals surface area contributed by atoms with E-state index >= 15 is 0 Å². The van der Waals surface area contributed by atoms with Crippen LogP contribution in [0.5, 0.6) is 11.5 Å². The molecule has 190 valence electrons. The van der Waals surface area contributed by atoms with Gasteiger partial charge in [-0.05, 0) is 48.0 Å². The Kier molecular flexibility index (Phi) is 6.20. The van der Waals surface area contributed by atoms with Crippen molar-refractivity contribution in [3.8, 4) is 11.5 Å². The number of amides is 2. The molecule has 0 radical (unpaired) electrons. The van der Waals surface area contributed by atoms with Crippen molar-refractivity contribution < 1.29 is 28.2 Å². The summed E-state index contributed by atoms with van der Waals surface area (Å²) >= 11 is 5.61. The van der Waals surface area contributed by atoms with Crippen LogP contribution in [0.15, 0.2) is 60.7 Å². The number of aromatic hydroxyl groups is 2. The van der Waals surface area contributed by atoms with E-state index in [1.165, 1.54) is 18.2 Å². The first-order valence-electron chi connectivity index (χ1n) is 11.2. The van der Waals surface area contributed by atoms with E-state index in [1.807, 2.05) is 18.2 Å². The van der Waals surface area contributed by atoms with Crippen LogP contribution in [0, 0.1) is 0 Å². The number of carbonyl (C=O) groups is 1. The van der Waals surface area contributed by atoms with E-state index in [2.05, 4.69) is 20.5 Å². The number of nitrogens with one attached hydrogen (secondary N) is 2. The number of rotatable bonds is 4. The molecule has 0 saturated heterocycles. The number of hydrogen-bond acceptors (Lipinski definition) is 5. The number of benzene rings is 3. The lowest BCUT2D eigenvalue weighted by Crippen LogP contribution is -2.21. The first kappa shape index (κ1) is 24.5. The number of aromatic nitrogens is 1. The highest BCUT2D eigenvalue weighted by Gasteiger charge is 2.33. The molecule has 7 nitrogen and oxygen atoms in total. The zero-order chi connectivity index (χ0) is 26.3. The molecule has 0 atom stereocenters. The van der Waals surface area contributed by atoms with Crippen molar-refractivity contribution in [2.45, 2.75) is 19.1 Å². The van der Waals surface area contributed by atoms with Gasteiger partial charge in [0, 0.05) is 42.3 Å². The van der Waals surface area contributed by atoms with Gasteiger partial charge in [0.05, 0.1) is 27.5 Å². The lowest BCUT2D eigenvalue weighted by atomic mass is 10.1. The molecule has 0 fully saturated rings. The fraction of sp³-hybridized carbons (Fsp3) is 0.154. The van der Waals surface area contributed by atoms with E-state index in [4.69, 9.17) is 11.6 Å². The Labute approximate surface area is 214 Å². The Bertz CT molecular complexity index is 1510. The molecule has 5 rings (SSSR count). The number of hydrogen-bond donors (Lipinski definition) is 4. The van der Waals surface area contributed by atoms with E-state index in [9.17, 15) is 28.2 Å². The molecule has 1 aliphatic rings. The Morgan fingerprint density at radius 3 is 2.38 bits per heavy atom. The number of phenols is 2. The minimum atomic E-state index is -4.63. The highest BCUT2D eigenvalue weighted by molar-refractivity contribution is 6.31. The van der Waals surface area contributed by atoms with Crippen molar-refractivity contribution in [2.24, 2.45) is 0 Å². The van der Waals surface area contributed by atoms with Crippen molar-refractivity contribution in [1.29, 1.82) is 0 Å². The summed E-state index contributed by atoms with van der Waals surface area (Å²) < 4.78 is 39.1. The maximum absolute atomic E-state index is 13.0. The number of urea groups is 1. The number of fused-ring (bicyclic) bond motifs is 2. The Morgan fingerprint density at radius 2 is 1.65 bits per heavy atom. The smallest absolute Gasteiger partial charge is 0.417 e. The highest BCUT2D eigenvalue weighted by atomic mass is 35.5. The summed E-state index contributed by atoms with van der Waals surface area (Å²) in [4.78, 5) is 19.1. The molecule has 0 unspecified atom stereocenters. The molecule has 37 heavy (non-hydrogen) atoms. The lowest BCUT2D eigenvalue weighted by molar-refractivity contribution is -0.137. The second-order valence-electron chi connectivity index (χ2n) is 8.63. The Morgan fingerprint density at radius 1 is 0.973 bits per heavy atom. The SMILES string of the molecule is O=C(Nc1ccc(CN2CCc3nc4cc(O)c(O)cc4cc32)cc1)Nc1ccc(Cl)c(C(F)(F)F)c1. The monoisotopic (exact) mass is 528 g/mol. The zero-order valence-electron chi connectivity index (χ0n) is 19.1. The van der Waals surface area contributed by atoms with Gasteiger partial charge in [-0.25, -0.2) is 4.79 Å². The van der Waals surface area contributed by atoms with Crippen LogP contribution in [-0.4, -0.2) is 27.8 Å². The molecule has 11 heteroatoms. The van der Waals surface area contributed by atoms with Crippen LogP contribution < -0.4 is 15.5 Å². The number of nitrogens with zero attached hydrogens (tertiary/aromatic N) is 2. The maximum atomic E-state index is 13.0. The molecule has 0 bridgehead atoms. The average molecular weight is 529 g/mol. The fourth-order valence-electron chi connectivity index (χ4n) is 4.24. The van der Waals surface area contributed by atoms with Gasteiger partial charge in [-0.3, -0.25) is 4.98 Å². The standard InChI is InChI=1S/C26H20ClF3N4O3/c27-19-6-5-17(11-18(19)26(28,29)30)32-25(37)31-16-3-1-14(2-4-16)13-34-8-7-20-22(34)9-15-10-23(35)24(36)12-21(15)33-20/h1-6,9-12,35-36H,7-8,13H2,(H2,31,32,37). The summed E-state index contributed by atoms with van der Waals surface area (Å²) in [7, 11) is 0. The summed E-state index contributed by atoms with van der Waals surface area (Å²) in [6, 6.07) is 14.4. The molecule has 2 amide bonds. The van der Waals surface area contributed by atoms with Gasteiger partial charge in [-0.15, -0.1) is 0 Å². The molecular weight excluding hydrogens is 509 g/mol. The Hall–Kier alpha value is -4.18. The first-order chi connectivity index (χ1) is 17.6. The topological polar surface area (TPSA) is 97.7 Å². The van der Waals surface area contributed by atoms with Crippen molar-refractivity contribution in [3.05, 3.63) is 82.5 Å². The minimum absolute atomic E-state index is 0.0387.